The van der Waals surface area contributed by atoms with Gasteiger partial charge in [0.15, 0.2) is 12.4 Å². The molecule has 0 saturated carbocycles. The minimum absolute atomic E-state index is 0.111. The number of carbonyl (C=O) groups is 1. The Balaban J connectivity index is 1.66. The average Bonchev–Trinajstić information content (AvgIpc) is 3.14. The van der Waals surface area contributed by atoms with Crippen molar-refractivity contribution in [3.05, 3.63) is 65.8 Å². The lowest BCUT2D eigenvalue weighted by Gasteiger charge is -2.00. The van der Waals surface area contributed by atoms with Crippen molar-refractivity contribution in [1.82, 2.24) is 4.98 Å². The highest BCUT2D eigenvalue weighted by molar-refractivity contribution is 5.87. The van der Waals surface area contributed by atoms with Crippen molar-refractivity contribution in [3.8, 4) is 11.3 Å². The van der Waals surface area contributed by atoms with Gasteiger partial charge in [-0.15, -0.1) is 0 Å². The molecule has 112 valence electrons. The van der Waals surface area contributed by atoms with Gasteiger partial charge < -0.3 is 13.6 Å². The summed E-state index contributed by atoms with van der Waals surface area (Å²) in [6, 6.07) is 7.50. The molecule has 0 fully saturated rings. The van der Waals surface area contributed by atoms with Gasteiger partial charge in [-0.05, 0) is 37.3 Å². The Bertz CT molecular complexity index is 789. The van der Waals surface area contributed by atoms with E-state index in [2.05, 4.69) is 4.98 Å². The molecule has 0 aliphatic rings. The van der Waals surface area contributed by atoms with E-state index in [4.69, 9.17) is 13.6 Å². The Kier molecular flexibility index (Phi) is 3.74. The second-order valence-corrected chi connectivity index (χ2v) is 4.63. The molecule has 0 unspecified atom stereocenters. The Hall–Kier alpha value is -2.89. The molecule has 2 heterocycles. The third kappa shape index (κ3) is 2.90. The normalized spacial score (nSPS) is 10.6. The molecule has 0 saturated heterocycles. The second kappa shape index (κ2) is 5.85. The van der Waals surface area contributed by atoms with Crippen LogP contribution in [0.25, 0.3) is 11.3 Å². The van der Waals surface area contributed by atoms with Crippen LogP contribution in [0.15, 0.2) is 51.6 Å². The largest absolute Gasteiger partial charge is 0.457 e. The smallest absolute Gasteiger partial charge is 0.375 e. The first-order chi connectivity index (χ1) is 10.6. The number of furan rings is 1. The summed E-state index contributed by atoms with van der Waals surface area (Å²) in [6.45, 7) is 1.64. The summed E-state index contributed by atoms with van der Waals surface area (Å²) in [4.78, 5) is 15.8. The number of nitrogens with zero attached hydrogens (tertiary/aromatic N) is 1. The van der Waals surface area contributed by atoms with Gasteiger partial charge in [-0.3, -0.25) is 0 Å². The Labute approximate surface area is 125 Å². The molecule has 5 nitrogen and oxygen atoms in total. The Morgan fingerprint density at radius 1 is 1.27 bits per heavy atom. The second-order valence-electron chi connectivity index (χ2n) is 4.63. The first-order valence-corrected chi connectivity index (χ1v) is 6.55. The lowest BCUT2D eigenvalue weighted by atomic mass is 10.2. The fourth-order valence-corrected chi connectivity index (χ4v) is 1.90. The predicted octanol–water partition coefficient (Wildman–Crippen LogP) is 3.74. The molecule has 2 aromatic heterocycles. The van der Waals surface area contributed by atoms with Gasteiger partial charge in [0.2, 0.25) is 11.7 Å². The van der Waals surface area contributed by atoms with Crippen LogP contribution in [-0.4, -0.2) is 11.0 Å². The summed E-state index contributed by atoms with van der Waals surface area (Å²) in [5.74, 6) is -0.0299. The zero-order chi connectivity index (χ0) is 15.5. The summed E-state index contributed by atoms with van der Waals surface area (Å²) in [7, 11) is 0. The minimum atomic E-state index is -0.580. The molecule has 0 aliphatic carbocycles. The molecule has 0 spiro atoms. The fourth-order valence-electron chi connectivity index (χ4n) is 1.90. The molecule has 0 N–H and O–H groups in total. The number of hydrogen-bond donors (Lipinski definition) is 0. The summed E-state index contributed by atoms with van der Waals surface area (Å²) in [5, 5.41) is 0. The van der Waals surface area contributed by atoms with Crippen LogP contribution in [0.4, 0.5) is 4.39 Å². The molecule has 0 atom stereocenters. The predicted molar refractivity (Wildman–Crippen MR) is 74.5 cm³/mol. The number of aryl methyl sites for hydroxylation is 1. The molecule has 1 aromatic carbocycles. The number of esters is 1. The van der Waals surface area contributed by atoms with Gasteiger partial charge in [0.05, 0.1) is 12.5 Å². The summed E-state index contributed by atoms with van der Waals surface area (Å²) in [6.07, 6.45) is 2.91. The van der Waals surface area contributed by atoms with Crippen molar-refractivity contribution < 1.29 is 22.8 Å². The van der Waals surface area contributed by atoms with E-state index in [-0.39, 0.29) is 24.1 Å². The topological polar surface area (TPSA) is 65.5 Å². The van der Waals surface area contributed by atoms with Crippen LogP contribution in [0.1, 0.15) is 22.0 Å². The SMILES string of the molecule is Cc1ccoc1C(=O)OCc1ncc(-c2ccc(F)cc2)o1. The molecule has 3 aromatic rings. The Morgan fingerprint density at radius 3 is 2.73 bits per heavy atom. The van der Waals surface area contributed by atoms with E-state index >= 15 is 0 Å². The van der Waals surface area contributed by atoms with Gasteiger partial charge >= 0.3 is 5.97 Å². The molecule has 6 heteroatoms. The van der Waals surface area contributed by atoms with E-state index in [1.165, 1.54) is 24.6 Å². The van der Waals surface area contributed by atoms with Crippen molar-refractivity contribution in [2.24, 2.45) is 0 Å². The first-order valence-electron chi connectivity index (χ1n) is 6.55. The number of oxazole rings is 1. The number of rotatable bonds is 4. The van der Waals surface area contributed by atoms with Gasteiger partial charge in [-0.1, -0.05) is 0 Å². The number of ether oxygens (including phenoxy) is 1. The highest BCUT2D eigenvalue weighted by Gasteiger charge is 2.16. The molecule has 0 amide bonds. The van der Waals surface area contributed by atoms with Crippen molar-refractivity contribution in [2.45, 2.75) is 13.5 Å². The highest BCUT2D eigenvalue weighted by Crippen LogP contribution is 2.21. The summed E-state index contributed by atoms with van der Waals surface area (Å²) in [5.41, 5.74) is 1.39. The van der Waals surface area contributed by atoms with Gasteiger partial charge in [0.25, 0.3) is 0 Å². The van der Waals surface area contributed by atoms with Gasteiger partial charge in [-0.25, -0.2) is 14.2 Å². The molecule has 3 rings (SSSR count). The average molecular weight is 301 g/mol. The maximum Gasteiger partial charge on any atom is 0.375 e. The molecule has 0 aliphatic heterocycles. The van der Waals surface area contributed by atoms with Crippen molar-refractivity contribution in [3.63, 3.8) is 0 Å². The van der Waals surface area contributed by atoms with Crippen molar-refractivity contribution in [1.29, 1.82) is 0 Å². The monoisotopic (exact) mass is 301 g/mol. The fraction of sp³-hybridized carbons (Fsp3) is 0.125. The van der Waals surface area contributed by atoms with Crippen molar-refractivity contribution in [2.75, 3.05) is 0 Å². The number of aromatic nitrogens is 1. The number of benzene rings is 1. The third-order valence-electron chi connectivity index (χ3n) is 3.06. The number of carbonyl (C=O) groups excluding carboxylic acids is 1. The molecular formula is C16H12FNO4. The molecule has 22 heavy (non-hydrogen) atoms. The van der Waals surface area contributed by atoms with E-state index in [0.29, 0.717) is 16.9 Å². The third-order valence-corrected chi connectivity index (χ3v) is 3.06. The zero-order valence-electron chi connectivity index (χ0n) is 11.7. The van der Waals surface area contributed by atoms with Crippen LogP contribution in [0.5, 0.6) is 0 Å². The van der Waals surface area contributed by atoms with Crippen LogP contribution in [0.3, 0.4) is 0 Å². The zero-order valence-corrected chi connectivity index (χ0v) is 11.7. The van der Waals surface area contributed by atoms with Crippen LogP contribution >= 0.6 is 0 Å². The lowest BCUT2D eigenvalue weighted by Crippen LogP contribution is -2.05. The van der Waals surface area contributed by atoms with E-state index < -0.39 is 5.97 Å². The van der Waals surface area contributed by atoms with E-state index in [1.54, 1.807) is 25.1 Å². The summed E-state index contributed by atoms with van der Waals surface area (Å²) < 4.78 is 28.4. The van der Waals surface area contributed by atoms with Crippen molar-refractivity contribution >= 4 is 5.97 Å². The minimum Gasteiger partial charge on any atom is -0.457 e. The van der Waals surface area contributed by atoms with Crippen LogP contribution < -0.4 is 0 Å². The number of halogens is 1. The van der Waals surface area contributed by atoms with Gasteiger partial charge in [0, 0.05) is 11.1 Å². The maximum atomic E-state index is 12.9. The van der Waals surface area contributed by atoms with Gasteiger partial charge in [-0.2, -0.15) is 0 Å². The number of hydrogen-bond acceptors (Lipinski definition) is 5. The summed E-state index contributed by atoms with van der Waals surface area (Å²) >= 11 is 0. The van der Waals surface area contributed by atoms with E-state index in [1.807, 2.05) is 0 Å². The molecule has 0 radical (unpaired) electrons. The lowest BCUT2D eigenvalue weighted by molar-refractivity contribution is 0.0401. The van der Waals surface area contributed by atoms with E-state index in [9.17, 15) is 9.18 Å². The quantitative estimate of drug-likeness (QED) is 0.687. The maximum absolute atomic E-state index is 12.9. The Morgan fingerprint density at radius 2 is 2.05 bits per heavy atom. The standard InChI is InChI=1S/C16H12FNO4/c1-10-6-7-20-15(10)16(19)21-9-14-18-8-13(22-14)11-2-4-12(17)5-3-11/h2-8H,9H2,1H3. The first kappa shape index (κ1) is 14.1. The van der Waals surface area contributed by atoms with Crippen LogP contribution in [-0.2, 0) is 11.3 Å². The molecule has 0 bridgehead atoms. The van der Waals surface area contributed by atoms with Gasteiger partial charge in [0.1, 0.15) is 5.82 Å². The van der Waals surface area contributed by atoms with Crippen LogP contribution in [0.2, 0.25) is 0 Å². The van der Waals surface area contributed by atoms with Crippen LogP contribution in [0, 0.1) is 12.7 Å². The van der Waals surface area contributed by atoms with E-state index in [0.717, 1.165) is 0 Å². The highest BCUT2D eigenvalue weighted by atomic mass is 19.1. The molecular weight excluding hydrogens is 289 g/mol.